The Bertz CT molecular complexity index is 846. The summed E-state index contributed by atoms with van der Waals surface area (Å²) in [5.41, 5.74) is 0.948. The Morgan fingerprint density at radius 1 is 1.23 bits per heavy atom. The van der Waals surface area contributed by atoms with E-state index >= 15 is 0 Å². The zero-order chi connectivity index (χ0) is 18.0. The van der Waals surface area contributed by atoms with Gasteiger partial charge in [0.05, 0.1) is 23.8 Å². The van der Waals surface area contributed by atoms with Gasteiger partial charge in [-0.3, -0.25) is 4.90 Å². The average Bonchev–Trinajstić information content (AvgIpc) is 3.34. The fourth-order valence-electron chi connectivity index (χ4n) is 3.38. The predicted octanol–water partition coefficient (Wildman–Crippen LogP) is 2.28. The molecular weight excluding hydrogens is 372 g/mol. The lowest BCUT2D eigenvalue weighted by molar-refractivity contribution is 0.193. The van der Waals surface area contributed by atoms with Crippen molar-refractivity contribution in [3.05, 3.63) is 47.9 Å². The molecule has 0 radical (unpaired) electrons. The first-order valence-electron chi connectivity index (χ1n) is 8.74. The van der Waals surface area contributed by atoms with Crippen molar-refractivity contribution in [2.75, 3.05) is 37.7 Å². The molecule has 1 aromatic heterocycles. The van der Waals surface area contributed by atoms with Crippen LogP contribution < -0.4 is 9.46 Å². The van der Waals surface area contributed by atoms with Gasteiger partial charge >= 0.3 is 0 Å². The zero-order valence-electron chi connectivity index (χ0n) is 14.4. The molecule has 0 aliphatic carbocycles. The summed E-state index contributed by atoms with van der Waals surface area (Å²) in [7, 11) is -3.59. The summed E-state index contributed by atoms with van der Waals surface area (Å²) in [5.74, 6) is 3.67. The van der Waals surface area contributed by atoms with E-state index in [0.717, 1.165) is 48.1 Å². The Labute approximate surface area is 157 Å². The van der Waals surface area contributed by atoms with Gasteiger partial charge in [0, 0.05) is 37.6 Å². The summed E-state index contributed by atoms with van der Waals surface area (Å²) in [4.78, 5) is 2.57. The van der Waals surface area contributed by atoms with Crippen LogP contribution in [0.2, 0.25) is 0 Å². The van der Waals surface area contributed by atoms with Gasteiger partial charge in [0.25, 0.3) is 0 Å². The van der Waals surface area contributed by atoms with E-state index in [9.17, 15) is 8.42 Å². The molecule has 26 heavy (non-hydrogen) atoms. The number of rotatable bonds is 6. The molecule has 0 amide bonds. The van der Waals surface area contributed by atoms with Crippen molar-refractivity contribution in [3.8, 4) is 5.75 Å². The molecule has 1 aromatic carbocycles. The first-order chi connectivity index (χ1) is 12.6. The van der Waals surface area contributed by atoms with Crippen molar-refractivity contribution in [2.45, 2.75) is 17.4 Å². The highest BCUT2D eigenvalue weighted by atomic mass is 32.2. The summed E-state index contributed by atoms with van der Waals surface area (Å²) in [6, 6.07) is 8.71. The maximum atomic E-state index is 12.8. The van der Waals surface area contributed by atoms with E-state index in [1.54, 1.807) is 24.5 Å². The summed E-state index contributed by atoms with van der Waals surface area (Å²) in [6.07, 6.45) is 2.38. The van der Waals surface area contributed by atoms with Crippen molar-refractivity contribution < 1.29 is 17.6 Å². The molecule has 140 valence electrons. The van der Waals surface area contributed by atoms with E-state index in [0.29, 0.717) is 6.61 Å². The minimum atomic E-state index is -3.59. The molecule has 1 fully saturated rings. The Kier molecular flexibility index (Phi) is 5.26. The van der Waals surface area contributed by atoms with Crippen LogP contribution in [0.1, 0.15) is 17.4 Å². The monoisotopic (exact) mass is 394 g/mol. The lowest BCUT2D eigenvalue weighted by Gasteiger charge is -2.33. The van der Waals surface area contributed by atoms with Crippen LogP contribution in [0.3, 0.4) is 0 Å². The smallest absolute Gasteiger partial charge is 0.240 e. The lowest BCUT2D eigenvalue weighted by atomic mass is 10.2. The van der Waals surface area contributed by atoms with Crippen LogP contribution in [-0.2, 0) is 16.4 Å². The molecule has 4 rings (SSSR count). The summed E-state index contributed by atoms with van der Waals surface area (Å²) in [6.45, 7) is 2.75. The van der Waals surface area contributed by atoms with Gasteiger partial charge in [0.15, 0.2) is 0 Å². The third kappa shape index (κ3) is 3.78. The normalized spacial score (nSPS) is 19.1. The molecule has 1 N–H and O–H groups in total. The molecule has 1 atom stereocenters. The second-order valence-electron chi connectivity index (χ2n) is 6.40. The highest BCUT2D eigenvalue weighted by molar-refractivity contribution is 7.99. The fraction of sp³-hybridized carbons (Fsp3) is 0.444. The van der Waals surface area contributed by atoms with Gasteiger partial charge in [-0.15, -0.1) is 0 Å². The molecule has 0 saturated carbocycles. The number of sulfonamides is 1. The van der Waals surface area contributed by atoms with Crippen molar-refractivity contribution >= 4 is 21.8 Å². The van der Waals surface area contributed by atoms with E-state index in [-0.39, 0.29) is 17.5 Å². The largest absolute Gasteiger partial charge is 0.493 e. The van der Waals surface area contributed by atoms with Crippen molar-refractivity contribution in [1.82, 2.24) is 9.62 Å². The molecule has 2 aliphatic rings. The first kappa shape index (κ1) is 17.9. The highest BCUT2D eigenvalue weighted by Gasteiger charge is 2.27. The topological polar surface area (TPSA) is 71.8 Å². The Hall–Kier alpha value is -1.48. The summed E-state index contributed by atoms with van der Waals surface area (Å²) < 4.78 is 39.4. The van der Waals surface area contributed by atoms with Gasteiger partial charge in [0.1, 0.15) is 11.5 Å². The molecular formula is C18H22N2O4S2. The number of hydrogen-bond acceptors (Lipinski definition) is 6. The van der Waals surface area contributed by atoms with Crippen molar-refractivity contribution in [2.24, 2.45) is 0 Å². The van der Waals surface area contributed by atoms with Crippen LogP contribution in [0.15, 0.2) is 45.9 Å². The molecule has 2 aromatic rings. The molecule has 0 bridgehead atoms. The summed E-state index contributed by atoms with van der Waals surface area (Å²) >= 11 is 1.92. The second kappa shape index (κ2) is 7.64. The van der Waals surface area contributed by atoms with Crippen LogP contribution in [-0.4, -0.2) is 51.1 Å². The number of fused-ring (bicyclic) bond motifs is 1. The number of nitrogens with one attached hydrogen (secondary N) is 1. The molecule has 6 nitrogen and oxygen atoms in total. The van der Waals surface area contributed by atoms with E-state index < -0.39 is 10.0 Å². The second-order valence-corrected chi connectivity index (χ2v) is 9.39. The maximum Gasteiger partial charge on any atom is 0.240 e. The van der Waals surface area contributed by atoms with Crippen molar-refractivity contribution in [3.63, 3.8) is 0 Å². The predicted molar refractivity (Wildman–Crippen MR) is 101 cm³/mol. The Balaban J connectivity index is 1.51. The van der Waals surface area contributed by atoms with Gasteiger partial charge in [0.2, 0.25) is 10.0 Å². The molecule has 0 unspecified atom stereocenters. The maximum absolute atomic E-state index is 12.8. The van der Waals surface area contributed by atoms with Crippen LogP contribution in [0, 0.1) is 0 Å². The molecule has 2 aliphatic heterocycles. The van der Waals surface area contributed by atoms with Gasteiger partial charge in [-0.05, 0) is 35.9 Å². The minimum absolute atomic E-state index is 0.0987. The minimum Gasteiger partial charge on any atom is -0.493 e. The van der Waals surface area contributed by atoms with E-state index in [2.05, 4.69) is 9.62 Å². The van der Waals surface area contributed by atoms with E-state index in [4.69, 9.17) is 9.15 Å². The first-order valence-corrected chi connectivity index (χ1v) is 11.4. The SMILES string of the molecule is O=S(=O)(NC[C@@H](c1ccco1)N1CCSCC1)c1ccc2c(c1)CCO2. The Morgan fingerprint density at radius 3 is 2.85 bits per heavy atom. The van der Waals surface area contributed by atoms with E-state index in [1.165, 1.54) is 0 Å². The van der Waals surface area contributed by atoms with E-state index in [1.807, 2.05) is 23.9 Å². The summed E-state index contributed by atoms with van der Waals surface area (Å²) in [5, 5.41) is 0. The highest BCUT2D eigenvalue weighted by Crippen LogP contribution is 2.28. The molecule has 8 heteroatoms. The van der Waals surface area contributed by atoms with Crippen LogP contribution >= 0.6 is 11.8 Å². The third-order valence-corrected chi connectivity index (χ3v) is 7.16. The molecule has 1 saturated heterocycles. The van der Waals surface area contributed by atoms with Crippen LogP contribution in [0.4, 0.5) is 0 Å². The number of furan rings is 1. The lowest BCUT2D eigenvalue weighted by Crippen LogP contribution is -2.41. The number of nitrogens with zero attached hydrogens (tertiary/aromatic N) is 1. The number of hydrogen-bond donors (Lipinski definition) is 1. The number of benzene rings is 1. The van der Waals surface area contributed by atoms with Gasteiger partial charge < -0.3 is 9.15 Å². The Morgan fingerprint density at radius 2 is 2.08 bits per heavy atom. The average molecular weight is 395 g/mol. The quantitative estimate of drug-likeness (QED) is 0.811. The fourth-order valence-corrected chi connectivity index (χ4v) is 5.40. The number of thioether (sulfide) groups is 1. The van der Waals surface area contributed by atoms with Crippen molar-refractivity contribution in [1.29, 1.82) is 0 Å². The van der Waals surface area contributed by atoms with Gasteiger partial charge in [-0.1, -0.05) is 0 Å². The molecule has 0 spiro atoms. The van der Waals surface area contributed by atoms with Gasteiger partial charge in [-0.25, -0.2) is 13.1 Å². The third-order valence-electron chi connectivity index (χ3n) is 4.80. The molecule has 3 heterocycles. The van der Waals surface area contributed by atoms with Gasteiger partial charge in [-0.2, -0.15) is 11.8 Å². The van der Waals surface area contributed by atoms with Crippen LogP contribution in [0.25, 0.3) is 0 Å². The van der Waals surface area contributed by atoms with Crippen LogP contribution in [0.5, 0.6) is 5.75 Å². The standard InChI is InChI=1S/C18H22N2O4S2/c21-26(22,15-3-4-17-14(12-15)5-9-24-17)19-13-16(18-2-1-8-23-18)20-6-10-25-11-7-20/h1-4,8,12,16,19H,5-7,9-11,13H2/t16-/m0/s1. The number of ether oxygens (including phenoxy) is 1. The zero-order valence-corrected chi connectivity index (χ0v) is 16.0.